The number of hydrogen-bond donors (Lipinski definition) is 2. The Morgan fingerprint density at radius 2 is 1.94 bits per heavy atom. The van der Waals surface area contributed by atoms with E-state index in [0.29, 0.717) is 11.8 Å². The van der Waals surface area contributed by atoms with Crippen molar-refractivity contribution in [3.05, 3.63) is 59.4 Å². The molecule has 2 aliphatic rings. The molecule has 34 heavy (non-hydrogen) atoms. The Morgan fingerprint density at radius 3 is 2.82 bits per heavy atom. The first-order valence-electron chi connectivity index (χ1n) is 12.5. The van der Waals surface area contributed by atoms with Crippen LogP contribution in [0.3, 0.4) is 0 Å². The zero-order valence-electron chi connectivity index (χ0n) is 19.5. The molecule has 3 atom stereocenters. The molecule has 0 spiro atoms. The van der Waals surface area contributed by atoms with E-state index in [2.05, 4.69) is 20.5 Å². The number of rotatable bonds is 6. The maximum absolute atomic E-state index is 13.2. The van der Waals surface area contributed by atoms with Gasteiger partial charge in [-0.15, -0.1) is 11.3 Å². The first-order valence-corrected chi connectivity index (χ1v) is 13.4. The van der Waals surface area contributed by atoms with Crippen LogP contribution in [-0.4, -0.2) is 41.6 Å². The molecule has 2 heterocycles. The lowest BCUT2D eigenvalue weighted by atomic mass is 9.83. The van der Waals surface area contributed by atoms with Crippen molar-refractivity contribution in [3.63, 3.8) is 0 Å². The van der Waals surface area contributed by atoms with Gasteiger partial charge in [0.1, 0.15) is 5.82 Å². The highest BCUT2D eigenvalue weighted by atomic mass is 32.1. The average molecular weight is 481 g/mol. The smallest absolute Gasteiger partial charge is 0.319 e. The van der Waals surface area contributed by atoms with Crippen molar-refractivity contribution in [2.24, 2.45) is 11.8 Å². The Balaban J connectivity index is 1.15. The predicted molar refractivity (Wildman–Crippen MR) is 137 cm³/mol. The van der Waals surface area contributed by atoms with Gasteiger partial charge in [0.2, 0.25) is 0 Å². The highest BCUT2D eigenvalue weighted by molar-refractivity contribution is 7.16. The average Bonchev–Trinajstić information content (AvgIpc) is 3.30. The number of anilines is 1. The number of hydrogen-bond acceptors (Lipinski definition) is 4. The number of benzene rings is 2. The number of aromatic nitrogens is 1. The van der Waals surface area contributed by atoms with E-state index in [-0.39, 0.29) is 17.9 Å². The van der Waals surface area contributed by atoms with E-state index < -0.39 is 0 Å². The van der Waals surface area contributed by atoms with Crippen LogP contribution in [0.1, 0.15) is 44.1 Å². The number of urea groups is 1. The largest absolute Gasteiger partial charge is 0.335 e. The monoisotopic (exact) mass is 480 g/mol. The van der Waals surface area contributed by atoms with E-state index in [0.717, 1.165) is 54.8 Å². The lowest BCUT2D eigenvalue weighted by Gasteiger charge is -2.39. The van der Waals surface area contributed by atoms with Crippen molar-refractivity contribution in [2.75, 3.05) is 25.0 Å². The summed E-state index contributed by atoms with van der Waals surface area (Å²) in [6.45, 7) is 3.25. The maximum Gasteiger partial charge on any atom is 0.319 e. The molecule has 0 bridgehead atoms. The molecule has 2 N–H and O–H groups in total. The van der Waals surface area contributed by atoms with Gasteiger partial charge in [0.25, 0.3) is 0 Å². The highest BCUT2D eigenvalue weighted by Crippen LogP contribution is 2.29. The summed E-state index contributed by atoms with van der Waals surface area (Å²) in [5.74, 6) is 0.921. The fraction of sp³-hybridized carbons (Fsp3) is 0.481. The Bertz CT molecular complexity index is 1100. The summed E-state index contributed by atoms with van der Waals surface area (Å²) < 4.78 is 14.3. The lowest BCUT2D eigenvalue weighted by molar-refractivity contribution is 0.123. The molecular weight excluding hydrogens is 447 g/mol. The van der Waals surface area contributed by atoms with E-state index in [1.54, 1.807) is 23.5 Å². The molecule has 7 heteroatoms. The minimum absolute atomic E-state index is 0.117. The molecule has 1 saturated carbocycles. The van der Waals surface area contributed by atoms with Gasteiger partial charge in [0.15, 0.2) is 0 Å². The zero-order chi connectivity index (χ0) is 23.3. The molecule has 2 amide bonds. The fourth-order valence-electron chi connectivity index (χ4n) is 5.65. The lowest BCUT2D eigenvalue weighted by Crippen LogP contribution is -2.49. The van der Waals surface area contributed by atoms with E-state index >= 15 is 0 Å². The van der Waals surface area contributed by atoms with E-state index in [1.165, 1.54) is 31.2 Å². The topological polar surface area (TPSA) is 57.3 Å². The summed E-state index contributed by atoms with van der Waals surface area (Å²) in [6.07, 6.45) is 8.05. The molecule has 1 aliphatic heterocycles. The Hall–Kier alpha value is -2.51. The Morgan fingerprint density at radius 1 is 1.09 bits per heavy atom. The summed E-state index contributed by atoms with van der Waals surface area (Å²) in [6, 6.07) is 12.9. The number of carbonyl (C=O) groups excluding carboxylic acids is 1. The first-order chi connectivity index (χ1) is 16.6. The van der Waals surface area contributed by atoms with Crippen molar-refractivity contribution < 1.29 is 9.18 Å². The van der Waals surface area contributed by atoms with Crippen LogP contribution in [0, 0.1) is 17.7 Å². The number of likely N-dealkylation sites (tertiary alicyclic amines) is 1. The Kier molecular flexibility index (Phi) is 7.40. The van der Waals surface area contributed by atoms with Gasteiger partial charge in [-0.25, -0.2) is 14.2 Å². The van der Waals surface area contributed by atoms with Gasteiger partial charge in [-0.1, -0.05) is 25.0 Å². The van der Waals surface area contributed by atoms with Gasteiger partial charge in [-0.3, -0.25) is 0 Å². The second-order valence-electron chi connectivity index (χ2n) is 9.88. The third-order valence-electron chi connectivity index (χ3n) is 7.35. The fourth-order valence-corrected chi connectivity index (χ4v) is 6.37. The van der Waals surface area contributed by atoms with Crippen molar-refractivity contribution in [1.82, 2.24) is 15.2 Å². The predicted octanol–water partition coefficient (Wildman–Crippen LogP) is 6.07. The molecule has 180 valence electrons. The molecule has 0 unspecified atom stereocenters. The minimum atomic E-state index is -0.169. The minimum Gasteiger partial charge on any atom is -0.335 e. The van der Waals surface area contributed by atoms with Crippen LogP contribution in [0.15, 0.2) is 48.0 Å². The summed E-state index contributed by atoms with van der Waals surface area (Å²) in [7, 11) is 0. The van der Waals surface area contributed by atoms with Crippen LogP contribution in [-0.2, 0) is 6.42 Å². The Labute approximate surface area is 204 Å². The molecule has 2 fully saturated rings. The van der Waals surface area contributed by atoms with Crippen molar-refractivity contribution in [3.8, 4) is 0 Å². The SMILES string of the molecule is O=C(Nc1ccc2ncsc2c1)N[C@@H]1CCCC[C@H]1CN1CCC[C@@H](Cc2ccc(F)cc2)C1. The van der Waals surface area contributed by atoms with Crippen molar-refractivity contribution in [2.45, 2.75) is 51.0 Å². The molecule has 1 aliphatic carbocycles. The third kappa shape index (κ3) is 5.94. The molecular formula is C27H33FN4OS. The highest BCUT2D eigenvalue weighted by Gasteiger charge is 2.30. The number of amides is 2. The number of thiazole rings is 1. The summed E-state index contributed by atoms with van der Waals surface area (Å²) in [5.41, 5.74) is 4.81. The van der Waals surface area contributed by atoms with E-state index in [9.17, 15) is 9.18 Å². The molecule has 3 aromatic rings. The molecule has 1 saturated heterocycles. The van der Waals surface area contributed by atoms with Gasteiger partial charge in [0.05, 0.1) is 15.7 Å². The first kappa shape index (κ1) is 23.2. The van der Waals surface area contributed by atoms with Gasteiger partial charge >= 0.3 is 6.03 Å². The van der Waals surface area contributed by atoms with Gasteiger partial charge in [0, 0.05) is 24.8 Å². The molecule has 5 nitrogen and oxygen atoms in total. The normalized spacial score (nSPS) is 23.6. The number of piperidine rings is 1. The molecule has 2 aromatic carbocycles. The van der Waals surface area contributed by atoms with Crippen LogP contribution in [0.25, 0.3) is 10.2 Å². The van der Waals surface area contributed by atoms with Crippen LogP contribution in [0.4, 0.5) is 14.9 Å². The van der Waals surface area contributed by atoms with Crippen LogP contribution in [0.5, 0.6) is 0 Å². The van der Waals surface area contributed by atoms with Crippen LogP contribution < -0.4 is 10.6 Å². The van der Waals surface area contributed by atoms with E-state index in [4.69, 9.17) is 0 Å². The zero-order valence-corrected chi connectivity index (χ0v) is 20.3. The molecule has 1 aromatic heterocycles. The van der Waals surface area contributed by atoms with Crippen LogP contribution in [0.2, 0.25) is 0 Å². The number of fused-ring (bicyclic) bond motifs is 1. The molecule has 5 rings (SSSR count). The number of nitrogens with one attached hydrogen (secondary N) is 2. The summed E-state index contributed by atoms with van der Waals surface area (Å²) >= 11 is 1.58. The quantitative estimate of drug-likeness (QED) is 0.450. The molecule has 0 radical (unpaired) electrons. The number of halogens is 1. The van der Waals surface area contributed by atoms with Crippen LogP contribution >= 0.6 is 11.3 Å². The summed E-state index contributed by atoms with van der Waals surface area (Å²) in [5, 5.41) is 6.30. The summed E-state index contributed by atoms with van der Waals surface area (Å²) in [4.78, 5) is 19.7. The number of nitrogens with zero attached hydrogens (tertiary/aromatic N) is 2. The van der Waals surface area contributed by atoms with Gasteiger partial charge in [-0.2, -0.15) is 0 Å². The standard InChI is InChI=1S/C27H33FN4OS/c28-22-9-7-19(8-10-22)14-20-4-3-13-32(16-20)17-21-5-1-2-6-24(21)31-27(33)30-23-11-12-25-26(15-23)34-18-29-25/h7-12,15,18,20-21,24H,1-6,13-14,16-17H2,(H2,30,31,33)/t20-,21-,24+/m0/s1. The van der Waals surface area contributed by atoms with Crippen molar-refractivity contribution in [1.29, 1.82) is 0 Å². The second kappa shape index (κ2) is 10.8. The maximum atomic E-state index is 13.2. The number of carbonyl (C=O) groups is 1. The van der Waals surface area contributed by atoms with Crippen molar-refractivity contribution >= 4 is 33.3 Å². The van der Waals surface area contributed by atoms with Gasteiger partial charge in [-0.05, 0) is 86.4 Å². The third-order valence-corrected chi connectivity index (χ3v) is 8.14. The van der Waals surface area contributed by atoms with E-state index in [1.807, 2.05) is 35.8 Å². The second-order valence-corrected chi connectivity index (χ2v) is 10.8. The van der Waals surface area contributed by atoms with Gasteiger partial charge < -0.3 is 15.5 Å².